The summed E-state index contributed by atoms with van der Waals surface area (Å²) in [7, 11) is -1.78. The van der Waals surface area contributed by atoms with Crippen molar-refractivity contribution in [3.8, 4) is 0 Å². The first-order valence-electron chi connectivity index (χ1n) is 6.88. The SMILES string of the molecule is Cc1ccc(S(=O)(=O)CC(C)NC(=O)c2ccnn2C)cc1. The summed E-state index contributed by atoms with van der Waals surface area (Å²) in [6, 6.07) is 7.75. The number of carbonyl (C=O) groups excluding carboxylic acids is 1. The summed E-state index contributed by atoms with van der Waals surface area (Å²) in [5.74, 6) is -0.494. The molecule has 1 heterocycles. The number of nitrogens with one attached hydrogen (secondary N) is 1. The van der Waals surface area contributed by atoms with Crippen LogP contribution in [-0.4, -0.2) is 35.9 Å². The van der Waals surface area contributed by atoms with E-state index in [0.29, 0.717) is 5.69 Å². The Labute approximate surface area is 130 Å². The van der Waals surface area contributed by atoms with E-state index >= 15 is 0 Å². The van der Waals surface area contributed by atoms with Crippen molar-refractivity contribution in [2.45, 2.75) is 24.8 Å². The molecule has 0 aliphatic rings. The quantitative estimate of drug-likeness (QED) is 0.900. The van der Waals surface area contributed by atoms with E-state index in [1.165, 1.54) is 10.9 Å². The predicted octanol–water partition coefficient (Wildman–Crippen LogP) is 1.32. The number of sulfone groups is 1. The topological polar surface area (TPSA) is 81.1 Å². The summed E-state index contributed by atoms with van der Waals surface area (Å²) < 4.78 is 26.1. The van der Waals surface area contributed by atoms with Gasteiger partial charge in [0.05, 0.1) is 10.6 Å². The smallest absolute Gasteiger partial charge is 0.269 e. The molecule has 2 aromatic rings. The van der Waals surface area contributed by atoms with E-state index in [1.807, 2.05) is 6.92 Å². The minimum absolute atomic E-state index is 0.153. The molecule has 0 aliphatic carbocycles. The zero-order chi connectivity index (χ0) is 16.3. The fourth-order valence-corrected chi connectivity index (χ4v) is 3.59. The largest absolute Gasteiger partial charge is 0.347 e. The molecule has 1 unspecified atom stereocenters. The Morgan fingerprint density at radius 2 is 1.91 bits per heavy atom. The maximum absolute atomic E-state index is 12.3. The number of aromatic nitrogens is 2. The van der Waals surface area contributed by atoms with Gasteiger partial charge < -0.3 is 5.32 Å². The van der Waals surface area contributed by atoms with Crippen LogP contribution in [0.5, 0.6) is 0 Å². The second-order valence-electron chi connectivity index (χ2n) is 5.31. The lowest BCUT2D eigenvalue weighted by Gasteiger charge is -2.14. The van der Waals surface area contributed by atoms with Crippen LogP contribution < -0.4 is 5.32 Å². The van der Waals surface area contributed by atoms with Crippen LogP contribution in [0.15, 0.2) is 41.4 Å². The molecule has 22 heavy (non-hydrogen) atoms. The Hall–Kier alpha value is -2.15. The van der Waals surface area contributed by atoms with Crippen molar-refractivity contribution in [2.24, 2.45) is 7.05 Å². The van der Waals surface area contributed by atoms with Crippen LogP contribution in [0.4, 0.5) is 0 Å². The molecule has 1 aromatic heterocycles. The number of amides is 1. The molecule has 1 N–H and O–H groups in total. The van der Waals surface area contributed by atoms with Crippen LogP contribution >= 0.6 is 0 Å². The molecule has 1 atom stereocenters. The first kappa shape index (κ1) is 16.2. The van der Waals surface area contributed by atoms with Crippen molar-refractivity contribution in [2.75, 3.05) is 5.75 Å². The molecule has 7 heteroatoms. The van der Waals surface area contributed by atoms with Crippen LogP contribution in [0.1, 0.15) is 23.0 Å². The third kappa shape index (κ3) is 3.73. The molecule has 0 radical (unpaired) electrons. The standard InChI is InChI=1S/C15H19N3O3S/c1-11-4-6-13(7-5-11)22(20,21)10-12(2)17-15(19)14-8-9-16-18(14)3/h4-9,12H,10H2,1-3H3,(H,17,19). The molecule has 2 rings (SSSR count). The second-order valence-corrected chi connectivity index (χ2v) is 7.34. The van der Waals surface area contributed by atoms with Gasteiger partial charge in [-0.05, 0) is 32.0 Å². The second kappa shape index (κ2) is 6.31. The molecule has 0 saturated heterocycles. The third-order valence-electron chi connectivity index (χ3n) is 3.28. The van der Waals surface area contributed by atoms with Crippen LogP contribution in [0, 0.1) is 6.92 Å². The van der Waals surface area contributed by atoms with Gasteiger partial charge in [0.2, 0.25) is 0 Å². The zero-order valence-corrected chi connectivity index (χ0v) is 13.6. The molecule has 6 nitrogen and oxygen atoms in total. The van der Waals surface area contributed by atoms with Crippen molar-refractivity contribution in [1.82, 2.24) is 15.1 Å². The molecule has 1 aromatic carbocycles. The molecule has 0 saturated carbocycles. The van der Waals surface area contributed by atoms with Crippen molar-refractivity contribution in [1.29, 1.82) is 0 Å². The van der Waals surface area contributed by atoms with Gasteiger partial charge in [0.15, 0.2) is 9.84 Å². The van der Waals surface area contributed by atoms with Gasteiger partial charge in [-0.2, -0.15) is 5.10 Å². The first-order chi connectivity index (χ1) is 10.3. The fraction of sp³-hybridized carbons (Fsp3) is 0.333. The van der Waals surface area contributed by atoms with Gasteiger partial charge in [0.1, 0.15) is 5.69 Å². The van der Waals surface area contributed by atoms with E-state index in [9.17, 15) is 13.2 Å². The Balaban J connectivity index is 2.05. The highest BCUT2D eigenvalue weighted by Crippen LogP contribution is 2.13. The molecular weight excluding hydrogens is 302 g/mol. The summed E-state index contributed by atoms with van der Waals surface area (Å²) in [6.07, 6.45) is 1.52. The maximum Gasteiger partial charge on any atom is 0.269 e. The summed E-state index contributed by atoms with van der Waals surface area (Å²) in [5, 5.41) is 6.59. The summed E-state index contributed by atoms with van der Waals surface area (Å²) in [5.41, 5.74) is 1.39. The lowest BCUT2D eigenvalue weighted by Crippen LogP contribution is -2.38. The summed E-state index contributed by atoms with van der Waals surface area (Å²) in [4.78, 5) is 12.3. The average molecular weight is 321 g/mol. The normalized spacial score (nSPS) is 12.9. The number of aryl methyl sites for hydroxylation is 2. The van der Waals surface area contributed by atoms with Gasteiger partial charge >= 0.3 is 0 Å². The number of nitrogens with zero attached hydrogens (tertiary/aromatic N) is 2. The fourth-order valence-electron chi connectivity index (χ4n) is 2.11. The summed E-state index contributed by atoms with van der Waals surface area (Å²) >= 11 is 0. The van der Waals surface area contributed by atoms with E-state index in [-0.39, 0.29) is 16.6 Å². The number of hydrogen-bond acceptors (Lipinski definition) is 4. The highest BCUT2D eigenvalue weighted by Gasteiger charge is 2.21. The Morgan fingerprint density at radius 3 is 2.45 bits per heavy atom. The number of carbonyl (C=O) groups is 1. The Kier molecular flexibility index (Phi) is 4.65. The molecule has 1 amide bonds. The average Bonchev–Trinajstić information content (AvgIpc) is 2.84. The monoisotopic (exact) mass is 321 g/mol. The van der Waals surface area contributed by atoms with Crippen molar-refractivity contribution in [3.63, 3.8) is 0 Å². The van der Waals surface area contributed by atoms with Crippen molar-refractivity contribution in [3.05, 3.63) is 47.8 Å². The van der Waals surface area contributed by atoms with E-state index in [1.54, 1.807) is 44.3 Å². The van der Waals surface area contributed by atoms with Crippen LogP contribution in [0.25, 0.3) is 0 Å². The zero-order valence-electron chi connectivity index (χ0n) is 12.8. The number of hydrogen-bond donors (Lipinski definition) is 1. The Bertz CT molecular complexity index is 764. The minimum atomic E-state index is -3.44. The third-order valence-corrected chi connectivity index (χ3v) is 5.21. The molecule has 118 valence electrons. The van der Waals surface area contributed by atoms with E-state index in [0.717, 1.165) is 5.56 Å². The molecule has 0 bridgehead atoms. The van der Waals surface area contributed by atoms with Crippen LogP contribution in [0.2, 0.25) is 0 Å². The van der Waals surface area contributed by atoms with Gasteiger partial charge in [-0.3, -0.25) is 9.48 Å². The molecule has 0 aliphatic heterocycles. The van der Waals surface area contributed by atoms with E-state index < -0.39 is 15.9 Å². The highest BCUT2D eigenvalue weighted by molar-refractivity contribution is 7.91. The maximum atomic E-state index is 12.3. The molecule has 0 fully saturated rings. The molecular formula is C15H19N3O3S. The van der Waals surface area contributed by atoms with E-state index in [2.05, 4.69) is 10.4 Å². The highest BCUT2D eigenvalue weighted by atomic mass is 32.2. The lowest BCUT2D eigenvalue weighted by molar-refractivity contribution is 0.0934. The van der Waals surface area contributed by atoms with Crippen molar-refractivity contribution < 1.29 is 13.2 Å². The minimum Gasteiger partial charge on any atom is -0.347 e. The van der Waals surface area contributed by atoms with Crippen LogP contribution in [0.3, 0.4) is 0 Å². The lowest BCUT2D eigenvalue weighted by atomic mass is 10.2. The van der Waals surface area contributed by atoms with Gasteiger partial charge in [0.25, 0.3) is 5.91 Å². The van der Waals surface area contributed by atoms with Gasteiger partial charge in [-0.15, -0.1) is 0 Å². The van der Waals surface area contributed by atoms with Crippen LogP contribution in [-0.2, 0) is 16.9 Å². The van der Waals surface area contributed by atoms with E-state index in [4.69, 9.17) is 0 Å². The molecule has 0 spiro atoms. The Morgan fingerprint density at radius 1 is 1.27 bits per heavy atom. The summed E-state index contributed by atoms with van der Waals surface area (Å²) in [6.45, 7) is 3.56. The number of rotatable bonds is 5. The number of benzene rings is 1. The predicted molar refractivity (Wildman–Crippen MR) is 83.4 cm³/mol. The van der Waals surface area contributed by atoms with Gasteiger partial charge in [0, 0.05) is 19.3 Å². The van der Waals surface area contributed by atoms with Gasteiger partial charge in [-0.1, -0.05) is 17.7 Å². The van der Waals surface area contributed by atoms with Crippen molar-refractivity contribution >= 4 is 15.7 Å². The van der Waals surface area contributed by atoms with Gasteiger partial charge in [-0.25, -0.2) is 8.42 Å². The first-order valence-corrected chi connectivity index (χ1v) is 8.53.